The molecule has 0 saturated carbocycles. The second kappa shape index (κ2) is 6.79. The summed E-state index contributed by atoms with van der Waals surface area (Å²) < 4.78 is 11.6. The third kappa shape index (κ3) is 3.29. The largest absolute Gasteiger partial charge is 0.492 e. The molecule has 3 rings (SSSR count). The van der Waals surface area contributed by atoms with Gasteiger partial charge in [0.25, 0.3) is 0 Å². The van der Waals surface area contributed by atoms with Crippen molar-refractivity contribution in [2.45, 2.75) is 12.5 Å². The first-order valence-electron chi connectivity index (χ1n) is 7.21. The molecule has 0 amide bonds. The summed E-state index contributed by atoms with van der Waals surface area (Å²) in [5.74, 6) is 0.963. The summed E-state index contributed by atoms with van der Waals surface area (Å²) in [4.78, 5) is 12.4. The lowest BCUT2D eigenvalue weighted by Gasteiger charge is -2.27. The van der Waals surface area contributed by atoms with Crippen LogP contribution in [0.15, 0.2) is 36.4 Å². The Hall–Kier alpha value is -1.75. The summed E-state index contributed by atoms with van der Waals surface area (Å²) in [5, 5.41) is 0.959. The Morgan fingerprint density at radius 3 is 2.87 bits per heavy atom. The van der Waals surface area contributed by atoms with Crippen molar-refractivity contribution in [3.05, 3.63) is 57.6 Å². The first-order chi connectivity index (χ1) is 11.1. The summed E-state index contributed by atoms with van der Waals surface area (Å²) in [5.41, 5.74) is 6.75. The van der Waals surface area contributed by atoms with E-state index in [0.29, 0.717) is 40.3 Å². The monoisotopic (exact) mass is 351 g/mol. The molecule has 2 N–H and O–H groups in total. The molecule has 0 spiro atoms. The van der Waals surface area contributed by atoms with Gasteiger partial charge in [0.2, 0.25) is 0 Å². The molecule has 0 aliphatic carbocycles. The number of para-hydroxylation sites is 1. The summed E-state index contributed by atoms with van der Waals surface area (Å²) in [7, 11) is 0. The predicted octanol–water partition coefficient (Wildman–Crippen LogP) is 4.04. The Bertz CT molecular complexity index is 749. The minimum absolute atomic E-state index is 0.0153. The van der Waals surface area contributed by atoms with E-state index in [4.69, 9.17) is 38.4 Å². The number of nitrogens with two attached hydrogens (primary N) is 1. The van der Waals surface area contributed by atoms with Crippen LogP contribution in [0.2, 0.25) is 10.0 Å². The number of Topliss-reactive ketones (excluding diaryl/α,β-unsaturated/α-hetero) is 1. The fourth-order valence-corrected chi connectivity index (χ4v) is 2.93. The van der Waals surface area contributed by atoms with Gasteiger partial charge in [0.1, 0.15) is 24.2 Å². The van der Waals surface area contributed by atoms with Crippen LogP contribution in [0.3, 0.4) is 0 Å². The van der Waals surface area contributed by atoms with Crippen molar-refractivity contribution in [2.24, 2.45) is 5.73 Å². The van der Waals surface area contributed by atoms with E-state index in [9.17, 15) is 4.79 Å². The Labute approximate surface area is 144 Å². The molecule has 1 unspecified atom stereocenters. The average Bonchev–Trinajstić information content (AvgIpc) is 2.54. The van der Waals surface area contributed by atoms with Gasteiger partial charge in [-0.2, -0.15) is 0 Å². The number of ether oxygens (including phenoxy) is 2. The molecule has 0 saturated heterocycles. The molecule has 120 valence electrons. The van der Waals surface area contributed by atoms with Crippen LogP contribution >= 0.6 is 23.2 Å². The first-order valence-corrected chi connectivity index (χ1v) is 7.96. The molecular weight excluding hydrogens is 337 g/mol. The summed E-state index contributed by atoms with van der Waals surface area (Å²) in [6.45, 7) is 0.733. The zero-order valence-corrected chi connectivity index (χ0v) is 13.7. The van der Waals surface area contributed by atoms with Gasteiger partial charge < -0.3 is 15.2 Å². The molecule has 4 nitrogen and oxygen atoms in total. The third-order valence-corrected chi connectivity index (χ3v) is 4.13. The maximum Gasteiger partial charge on any atom is 0.170 e. The Balaban J connectivity index is 1.97. The normalized spacial score (nSPS) is 16.7. The predicted molar refractivity (Wildman–Crippen MR) is 89.8 cm³/mol. The van der Waals surface area contributed by atoms with Crippen LogP contribution in [0.25, 0.3) is 0 Å². The van der Waals surface area contributed by atoms with Gasteiger partial charge in [-0.3, -0.25) is 4.79 Å². The molecule has 2 aromatic carbocycles. The Morgan fingerprint density at radius 1 is 1.26 bits per heavy atom. The number of halogens is 2. The number of benzene rings is 2. The minimum atomic E-state index is -0.472. The van der Waals surface area contributed by atoms with Crippen LogP contribution in [-0.4, -0.2) is 18.9 Å². The van der Waals surface area contributed by atoms with Gasteiger partial charge in [-0.25, -0.2) is 0 Å². The van der Waals surface area contributed by atoms with Crippen LogP contribution in [0.4, 0.5) is 0 Å². The van der Waals surface area contributed by atoms with E-state index in [1.807, 2.05) is 0 Å². The smallest absolute Gasteiger partial charge is 0.170 e. The minimum Gasteiger partial charge on any atom is -0.492 e. The van der Waals surface area contributed by atoms with E-state index in [1.165, 1.54) is 0 Å². The van der Waals surface area contributed by atoms with Crippen molar-refractivity contribution in [1.82, 2.24) is 0 Å². The van der Waals surface area contributed by atoms with Crippen molar-refractivity contribution in [3.63, 3.8) is 0 Å². The molecule has 0 radical (unpaired) electrons. The van der Waals surface area contributed by atoms with Gasteiger partial charge in [-0.1, -0.05) is 35.3 Å². The lowest BCUT2D eigenvalue weighted by atomic mass is 9.96. The van der Waals surface area contributed by atoms with Crippen LogP contribution in [-0.2, 0) is 0 Å². The van der Waals surface area contributed by atoms with E-state index in [1.54, 1.807) is 36.4 Å². The van der Waals surface area contributed by atoms with E-state index in [2.05, 4.69) is 0 Å². The van der Waals surface area contributed by atoms with E-state index < -0.39 is 6.10 Å². The standard InChI is InChI=1S/C17H15Cl2NO3/c18-10-4-5-12(15(8-10)22-7-6-20)16-9-14(21)11-2-1-3-13(19)17(11)23-16/h1-5,8,16H,6-7,9,20H2. The van der Waals surface area contributed by atoms with Crippen molar-refractivity contribution in [2.75, 3.05) is 13.2 Å². The zero-order chi connectivity index (χ0) is 16.4. The van der Waals surface area contributed by atoms with Crippen LogP contribution in [0.1, 0.15) is 28.4 Å². The lowest BCUT2D eigenvalue weighted by Crippen LogP contribution is -2.21. The third-order valence-electron chi connectivity index (χ3n) is 3.60. The summed E-state index contributed by atoms with van der Waals surface area (Å²) in [6.07, 6.45) is -0.256. The van der Waals surface area contributed by atoms with E-state index in [-0.39, 0.29) is 12.2 Å². The molecule has 0 bridgehead atoms. The molecular formula is C17H15Cl2NO3. The van der Waals surface area contributed by atoms with Crippen molar-refractivity contribution >= 4 is 29.0 Å². The second-order valence-electron chi connectivity index (χ2n) is 5.17. The fourth-order valence-electron chi connectivity index (χ4n) is 2.55. The van der Waals surface area contributed by atoms with E-state index >= 15 is 0 Å². The Kier molecular flexibility index (Phi) is 4.76. The van der Waals surface area contributed by atoms with Gasteiger partial charge in [0, 0.05) is 17.1 Å². The van der Waals surface area contributed by atoms with Gasteiger partial charge in [-0.05, 0) is 24.3 Å². The number of ketones is 1. The highest BCUT2D eigenvalue weighted by molar-refractivity contribution is 6.32. The zero-order valence-electron chi connectivity index (χ0n) is 12.2. The molecule has 1 atom stereocenters. The SMILES string of the molecule is NCCOc1cc(Cl)ccc1C1CC(=O)c2cccc(Cl)c2O1. The van der Waals surface area contributed by atoms with Crippen molar-refractivity contribution in [3.8, 4) is 11.5 Å². The fraction of sp³-hybridized carbons (Fsp3) is 0.235. The van der Waals surface area contributed by atoms with Crippen molar-refractivity contribution in [1.29, 1.82) is 0 Å². The highest BCUT2D eigenvalue weighted by atomic mass is 35.5. The number of hydrogen-bond donors (Lipinski definition) is 1. The maximum absolute atomic E-state index is 12.4. The van der Waals surface area contributed by atoms with E-state index in [0.717, 1.165) is 5.56 Å². The molecule has 1 aliphatic rings. The topological polar surface area (TPSA) is 61.5 Å². The molecule has 6 heteroatoms. The van der Waals surface area contributed by atoms with Crippen LogP contribution < -0.4 is 15.2 Å². The molecule has 23 heavy (non-hydrogen) atoms. The highest BCUT2D eigenvalue weighted by Gasteiger charge is 2.31. The van der Waals surface area contributed by atoms with Gasteiger partial charge in [-0.15, -0.1) is 0 Å². The van der Waals surface area contributed by atoms with Gasteiger partial charge >= 0.3 is 0 Å². The molecule has 1 aliphatic heterocycles. The number of carbonyl (C=O) groups excluding carboxylic acids is 1. The molecule has 0 aromatic heterocycles. The number of hydrogen-bond acceptors (Lipinski definition) is 4. The maximum atomic E-state index is 12.4. The number of carbonyl (C=O) groups is 1. The lowest BCUT2D eigenvalue weighted by molar-refractivity contribution is 0.0846. The second-order valence-corrected chi connectivity index (χ2v) is 6.01. The molecule has 1 heterocycles. The molecule has 2 aromatic rings. The quantitative estimate of drug-likeness (QED) is 0.902. The summed E-state index contributed by atoms with van der Waals surface area (Å²) in [6, 6.07) is 10.4. The van der Waals surface area contributed by atoms with Crippen LogP contribution in [0, 0.1) is 0 Å². The number of rotatable bonds is 4. The summed E-state index contributed by atoms with van der Waals surface area (Å²) >= 11 is 12.2. The van der Waals surface area contributed by atoms with Gasteiger partial charge in [0.05, 0.1) is 17.0 Å². The first kappa shape index (κ1) is 16.1. The van der Waals surface area contributed by atoms with Gasteiger partial charge in [0.15, 0.2) is 5.78 Å². The highest BCUT2D eigenvalue weighted by Crippen LogP contribution is 2.42. The Morgan fingerprint density at radius 2 is 2.09 bits per heavy atom. The average molecular weight is 352 g/mol. The van der Waals surface area contributed by atoms with Crippen molar-refractivity contribution < 1.29 is 14.3 Å². The number of fused-ring (bicyclic) bond motifs is 1. The molecule has 0 fully saturated rings. The van der Waals surface area contributed by atoms with Crippen LogP contribution in [0.5, 0.6) is 11.5 Å².